The molecule has 2 rings (SSSR count). The van der Waals surface area contributed by atoms with Gasteiger partial charge in [-0.15, -0.1) is 11.8 Å². The molecule has 1 aliphatic heterocycles. The van der Waals surface area contributed by atoms with Gasteiger partial charge >= 0.3 is 18.0 Å². The third-order valence-corrected chi connectivity index (χ3v) is 9.91. The van der Waals surface area contributed by atoms with Crippen molar-refractivity contribution in [3.05, 3.63) is 41.7 Å². The number of amides is 2. The van der Waals surface area contributed by atoms with E-state index >= 15 is 0 Å². The zero-order valence-electron chi connectivity index (χ0n) is 29.7. The number of thioether (sulfide) groups is 1. The summed E-state index contributed by atoms with van der Waals surface area (Å²) in [5.41, 5.74) is -0.576. The van der Waals surface area contributed by atoms with Crippen LogP contribution in [0.15, 0.2) is 35.3 Å². The largest absolute Gasteiger partial charge is 0.466 e. The molecule has 0 unspecified atom stereocenters. The van der Waals surface area contributed by atoms with Crippen LogP contribution in [-0.2, 0) is 35.1 Å². The SMILES string of the molecule is CCC/C=C/[C@H](CC(=O)OCC[Si](C)(C)C)OC(=O)[C@@H](NC(=O)[C@]1(C)CSC(c2cccc(CNC(=O)OC(C)(C)C)n2)=N1)C(C)C. The fourth-order valence-corrected chi connectivity index (χ4v) is 6.05. The Morgan fingerprint density at radius 1 is 1.15 bits per heavy atom. The summed E-state index contributed by atoms with van der Waals surface area (Å²) >= 11 is 1.39. The second-order valence-corrected chi connectivity index (χ2v) is 21.1. The van der Waals surface area contributed by atoms with Crippen LogP contribution in [0.4, 0.5) is 4.79 Å². The second-order valence-electron chi connectivity index (χ2n) is 14.5. The molecule has 1 aliphatic rings. The first kappa shape index (κ1) is 40.0. The molecule has 0 radical (unpaired) electrons. The summed E-state index contributed by atoms with van der Waals surface area (Å²) in [5, 5.41) is 6.14. The van der Waals surface area contributed by atoms with E-state index in [1.54, 1.807) is 45.9 Å². The normalized spacial score (nSPS) is 18.0. The lowest BCUT2D eigenvalue weighted by molar-refractivity contribution is -0.156. The Kier molecular flexibility index (Phi) is 15.2. The van der Waals surface area contributed by atoms with E-state index in [9.17, 15) is 19.2 Å². The fourth-order valence-electron chi connectivity index (χ4n) is 4.19. The number of carbonyl (C=O) groups excluding carboxylic acids is 4. The molecule has 262 valence electrons. The molecule has 2 N–H and O–H groups in total. The predicted octanol–water partition coefficient (Wildman–Crippen LogP) is 6.04. The molecule has 0 fully saturated rings. The van der Waals surface area contributed by atoms with E-state index in [0.717, 1.165) is 18.9 Å². The number of pyridine rings is 1. The van der Waals surface area contributed by atoms with Gasteiger partial charge in [-0.1, -0.05) is 59.0 Å². The number of rotatable bonds is 16. The van der Waals surface area contributed by atoms with Gasteiger partial charge in [-0.25, -0.2) is 14.6 Å². The molecule has 11 nitrogen and oxygen atoms in total. The van der Waals surface area contributed by atoms with Crippen molar-refractivity contribution in [3.63, 3.8) is 0 Å². The van der Waals surface area contributed by atoms with Gasteiger partial charge in [0.15, 0.2) is 0 Å². The van der Waals surface area contributed by atoms with Crippen molar-refractivity contribution in [2.24, 2.45) is 10.9 Å². The number of esters is 2. The summed E-state index contributed by atoms with van der Waals surface area (Å²) in [6.07, 6.45) is 3.84. The number of unbranched alkanes of at least 4 members (excludes halogenated alkanes) is 1. The first-order valence-electron chi connectivity index (χ1n) is 16.3. The highest BCUT2D eigenvalue weighted by molar-refractivity contribution is 8.14. The lowest BCUT2D eigenvalue weighted by atomic mass is 10.0. The van der Waals surface area contributed by atoms with Crippen molar-refractivity contribution in [1.82, 2.24) is 15.6 Å². The number of aromatic nitrogens is 1. The van der Waals surface area contributed by atoms with Crippen molar-refractivity contribution in [3.8, 4) is 0 Å². The zero-order valence-corrected chi connectivity index (χ0v) is 31.5. The number of hydrogen-bond donors (Lipinski definition) is 2. The summed E-state index contributed by atoms with van der Waals surface area (Å²) in [5.74, 6) is -1.40. The van der Waals surface area contributed by atoms with Gasteiger partial charge in [0, 0.05) is 13.8 Å². The molecule has 0 saturated carbocycles. The Morgan fingerprint density at radius 3 is 2.47 bits per heavy atom. The van der Waals surface area contributed by atoms with Crippen LogP contribution in [0.25, 0.3) is 0 Å². The van der Waals surface area contributed by atoms with E-state index in [0.29, 0.717) is 28.8 Å². The molecule has 0 bridgehead atoms. The van der Waals surface area contributed by atoms with Crippen LogP contribution in [-0.4, -0.2) is 77.7 Å². The number of aliphatic imine (C=N–C) groups is 1. The minimum atomic E-state index is -1.37. The average Bonchev–Trinajstić information content (AvgIpc) is 3.36. The number of ether oxygens (including phenoxy) is 3. The highest BCUT2D eigenvalue weighted by Crippen LogP contribution is 2.31. The van der Waals surface area contributed by atoms with Crippen LogP contribution >= 0.6 is 11.8 Å². The molecule has 0 saturated heterocycles. The molecule has 2 heterocycles. The van der Waals surface area contributed by atoms with E-state index in [1.165, 1.54) is 11.8 Å². The zero-order chi connectivity index (χ0) is 35.4. The van der Waals surface area contributed by atoms with Crippen molar-refractivity contribution >= 4 is 48.8 Å². The van der Waals surface area contributed by atoms with E-state index in [1.807, 2.05) is 32.9 Å². The molecule has 3 atom stereocenters. The summed E-state index contributed by atoms with van der Waals surface area (Å²) in [7, 11) is -1.37. The molecular weight excluding hydrogens is 637 g/mol. The predicted molar refractivity (Wildman–Crippen MR) is 189 cm³/mol. The summed E-state index contributed by atoms with van der Waals surface area (Å²) < 4.78 is 16.5. The van der Waals surface area contributed by atoms with E-state index in [2.05, 4.69) is 35.3 Å². The Labute approximate surface area is 285 Å². The standard InChI is InChI=1S/C34H54N4O7SSi/c1-11-12-13-16-25(20-27(39)43-18-19-47(8,9)10)44-30(40)28(23(2)3)37-31(41)34(7)22-46-29(38-34)26-17-14-15-24(36-26)21-35-32(42)45-33(4,5)6/h13-17,23,25,28H,11-12,18-22H2,1-10H3,(H,35,42)(H,37,41)/b16-13+/t25-,28+,34+/m1/s1. The molecule has 1 aromatic rings. The van der Waals surface area contributed by atoms with Gasteiger partial charge in [0.1, 0.15) is 28.3 Å². The van der Waals surface area contributed by atoms with E-state index in [-0.39, 0.29) is 18.9 Å². The fraction of sp³-hybridized carbons (Fsp3) is 0.647. The number of nitrogens with one attached hydrogen (secondary N) is 2. The summed E-state index contributed by atoms with van der Waals surface area (Å²) in [6.45, 7) is 19.9. The third-order valence-electron chi connectivity index (χ3n) is 6.93. The third kappa shape index (κ3) is 14.6. The van der Waals surface area contributed by atoms with Gasteiger partial charge in [0.2, 0.25) is 5.91 Å². The van der Waals surface area contributed by atoms with Gasteiger partial charge in [0.25, 0.3) is 0 Å². The van der Waals surface area contributed by atoms with E-state index in [4.69, 9.17) is 19.2 Å². The van der Waals surface area contributed by atoms with Gasteiger partial charge in [-0.05, 0) is 64.3 Å². The maximum absolute atomic E-state index is 13.6. The van der Waals surface area contributed by atoms with Crippen molar-refractivity contribution < 1.29 is 33.4 Å². The van der Waals surface area contributed by atoms with Crippen molar-refractivity contribution in [1.29, 1.82) is 0 Å². The molecular formula is C34H54N4O7SSi. The van der Waals surface area contributed by atoms with Crippen LogP contribution in [0.1, 0.15) is 79.1 Å². The van der Waals surface area contributed by atoms with Gasteiger partial charge < -0.3 is 24.8 Å². The Balaban J connectivity index is 2.10. The minimum Gasteiger partial charge on any atom is -0.466 e. The Bertz CT molecular complexity index is 1310. The highest BCUT2D eigenvalue weighted by Gasteiger charge is 2.41. The van der Waals surface area contributed by atoms with Gasteiger partial charge in [0.05, 0.1) is 31.0 Å². The monoisotopic (exact) mass is 690 g/mol. The number of alkyl carbamates (subject to hydrolysis) is 1. The maximum Gasteiger partial charge on any atom is 0.407 e. The number of carbonyl (C=O) groups is 4. The molecule has 0 spiro atoms. The lowest BCUT2D eigenvalue weighted by Gasteiger charge is -2.27. The van der Waals surface area contributed by atoms with Crippen LogP contribution in [0.5, 0.6) is 0 Å². The highest BCUT2D eigenvalue weighted by atomic mass is 32.2. The Morgan fingerprint density at radius 2 is 1.85 bits per heavy atom. The van der Waals surface area contributed by atoms with Crippen molar-refractivity contribution in [2.75, 3.05) is 12.4 Å². The first-order valence-corrected chi connectivity index (χ1v) is 21.0. The van der Waals surface area contributed by atoms with Crippen LogP contribution in [0.2, 0.25) is 25.7 Å². The Hall–Kier alpha value is -3.19. The van der Waals surface area contributed by atoms with Gasteiger partial charge in [-0.2, -0.15) is 0 Å². The average molecular weight is 691 g/mol. The number of allylic oxidation sites excluding steroid dienone is 1. The smallest absolute Gasteiger partial charge is 0.407 e. The van der Waals surface area contributed by atoms with Gasteiger partial charge in [-0.3, -0.25) is 14.6 Å². The van der Waals surface area contributed by atoms with Crippen LogP contribution < -0.4 is 10.6 Å². The topological polar surface area (TPSA) is 145 Å². The van der Waals surface area contributed by atoms with E-state index < -0.39 is 55.3 Å². The molecule has 1 aromatic heterocycles. The van der Waals surface area contributed by atoms with Crippen molar-refractivity contribution in [2.45, 2.75) is 123 Å². The second kappa shape index (κ2) is 17.8. The molecule has 13 heteroatoms. The first-order chi connectivity index (χ1) is 21.8. The van der Waals surface area contributed by atoms with Crippen LogP contribution in [0, 0.1) is 5.92 Å². The lowest BCUT2D eigenvalue weighted by Crippen LogP contribution is -2.53. The maximum atomic E-state index is 13.6. The minimum absolute atomic E-state index is 0.0994. The molecule has 0 aromatic carbocycles. The molecule has 47 heavy (non-hydrogen) atoms. The summed E-state index contributed by atoms with van der Waals surface area (Å²) in [4.78, 5) is 61.0. The summed E-state index contributed by atoms with van der Waals surface area (Å²) in [6, 6.07) is 5.29. The molecule has 2 amide bonds. The van der Waals surface area contributed by atoms with Crippen LogP contribution in [0.3, 0.4) is 0 Å². The molecule has 0 aliphatic carbocycles. The number of hydrogen-bond acceptors (Lipinski definition) is 10. The number of nitrogens with zero attached hydrogens (tertiary/aromatic N) is 2. The quantitative estimate of drug-likeness (QED) is 0.0918.